The van der Waals surface area contributed by atoms with Gasteiger partial charge in [-0.2, -0.15) is 0 Å². The number of para-hydroxylation sites is 2. The first-order valence-corrected chi connectivity index (χ1v) is 17.9. The maximum Gasteiger partial charge on any atom is 0.312 e. The molecule has 4 aliphatic rings. The Balaban J connectivity index is 1.51. The number of carbonyl (C=O) groups is 3. The topological polar surface area (TPSA) is 134 Å². The molecule has 1 aliphatic carbocycles. The van der Waals surface area contributed by atoms with E-state index in [1.165, 1.54) is 20.1 Å². The summed E-state index contributed by atoms with van der Waals surface area (Å²) in [6.45, 7) is 14.8. The first kappa shape index (κ1) is 36.5. The average molecular weight is 707 g/mol. The Labute approximate surface area is 303 Å². The molecular weight excluding hydrogens is 660 g/mol. The standard InChI is InChI=1S/C42H46N2O8/c1-22-13-11-14-25(4)41(48)44-35-36(46)29-21-27(6)38-33(32(29)34-39(35)51-31-17-10-9-16-30(31)43-34)40(47)42(8,52-38)49-18-12-15-24(3)37(50-28(7)45)26(5)20-23(2)19-22/h9-14,16-18,21-24,26,37H,15,19-20H2,1-8H3,(H,44,48). The molecule has 0 saturated heterocycles. The molecule has 0 radical (unpaired) electrons. The lowest BCUT2D eigenvalue weighted by atomic mass is 9.82. The largest absolute Gasteiger partial charge is 0.462 e. The summed E-state index contributed by atoms with van der Waals surface area (Å²) in [6, 6.07) is 8.73. The molecule has 0 aromatic heterocycles. The van der Waals surface area contributed by atoms with Gasteiger partial charge in [0.2, 0.25) is 5.43 Å². The number of ether oxygens (including phenoxy) is 3. The second-order valence-electron chi connectivity index (χ2n) is 14.8. The van der Waals surface area contributed by atoms with Crippen molar-refractivity contribution in [2.45, 2.75) is 86.5 Å². The van der Waals surface area contributed by atoms with E-state index < -0.39 is 22.9 Å². The van der Waals surface area contributed by atoms with Gasteiger partial charge in [-0.05, 0) is 86.6 Å². The molecule has 1 amide bonds. The number of nitrogens with zero attached hydrogens (tertiary/aromatic N) is 1. The van der Waals surface area contributed by atoms with Crippen molar-refractivity contribution in [2.24, 2.45) is 23.7 Å². The fourth-order valence-corrected chi connectivity index (χ4v) is 7.60. The molecule has 6 unspecified atom stereocenters. The van der Waals surface area contributed by atoms with E-state index in [2.05, 4.69) is 32.2 Å². The van der Waals surface area contributed by atoms with Crippen LogP contribution in [0.5, 0.6) is 5.75 Å². The summed E-state index contributed by atoms with van der Waals surface area (Å²) in [4.78, 5) is 59.3. The molecule has 10 nitrogen and oxygen atoms in total. The van der Waals surface area contributed by atoms with Crippen molar-refractivity contribution < 1.29 is 33.0 Å². The van der Waals surface area contributed by atoms with Gasteiger partial charge in [-0.3, -0.25) is 19.2 Å². The number of hydrogen-bond acceptors (Lipinski definition) is 9. The summed E-state index contributed by atoms with van der Waals surface area (Å²) in [5.41, 5.74) is 1.63. The maximum atomic E-state index is 14.3. The second-order valence-corrected chi connectivity index (χ2v) is 14.8. The predicted octanol–water partition coefficient (Wildman–Crippen LogP) is 8.68. The molecule has 10 heteroatoms. The van der Waals surface area contributed by atoms with Crippen molar-refractivity contribution in [1.82, 2.24) is 4.98 Å². The second kappa shape index (κ2) is 14.4. The van der Waals surface area contributed by atoms with Crippen LogP contribution in [0.1, 0.15) is 83.7 Å². The fraction of sp³-hybridized carbons (Fsp3) is 0.405. The highest BCUT2D eigenvalue weighted by atomic mass is 16.7. The van der Waals surface area contributed by atoms with E-state index in [1.54, 1.807) is 50.3 Å². The molecule has 52 heavy (non-hydrogen) atoms. The Kier molecular flexibility index (Phi) is 10.1. The van der Waals surface area contributed by atoms with Gasteiger partial charge >= 0.3 is 11.8 Å². The van der Waals surface area contributed by atoms with Gasteiger partial charge in [0, 0.05) is 30.2 Å². The third-order valence-corrected chi connectivity index (χ3v) is 10.1. The van der Waals surface area contributed by atoms with Crippen LogP contribution in [0.25, 0.3) is 33.3 Å². The van der Waals surface area contributed by atoms with Crippen LogP contribution < -0.4 is 15.5 Å². The molecule has 0 spiro atoms. The van der Waals surface area contributed by atoms with Gasteiger partial charge in [-0.1, -0.05) is 58.1 Å². The van der Waals surface area contributed by atoms with Crippen molar-refractivity contribution in [3.63, 3.8) is 0 Å². The van der Waals surface area contributed by atoms with Gasteiger partial charge < -0.3 is 23.9 Å². The van der Waals surface area contributed by atoms with E-state index in [4.69, 9.17) is 23.6 Å². The van der Waals surface area contributed by atoms with Crippen LogP contribution in [0.3, 0.4) is 0 Å². The van der Waals surface area contributed by atoms with Crippen molar-refractivity contribution in [3.05, 3.63) is 87.8 Å². The number of carbonyl (C=O) groups excluding carboxylic acids is 3. The van der Waals surface area contributed by atoms with Crippen LogP contribution in [-0.2, 0) is 19.1 Å². The van der Waals surface area contributed by atoms with Crippen LogP contribution in [0.15, 0.2) is 75.7 Å². The number of hydrogen-bond donors (Lipinski definition) is 1. The lowest BCUT2D eigenvalue weighted by Crippen LogP contribution is -2.38. The van der Waals surface area contributed by atoms with E-state index >= 15 is 0 Å². The number of anilines is 1. The number of nitrogens with one attached hydrogen (secondary N) is 1. The monoisotopic (exact) mass is 706 g/mol. The zero-order valence-corrected chi connectivity index (χ0v) is 31.0. The smallest absolute Gasteiger partial charge is 0.312 e. The van der Waals surface area contributed by atoms with E-state index in [9.17, 15) is 19.2 Å². The molecule has 3 heterocycles. The van der Waals surface area contributed by atoms with Gasteiger partial charge in [0.05, 0.1) is 11.8 Å². The summed E-state index contributed by atoms with van der Waals surface area (Å²) >= 11 is 0. The van der Waals surface area contributed by atoms with E-state index in [-0.39, 0.29) is 69.1 Å². The summed E-state index contributed by atoms with van der Waals surface area (Å²) in [6.07, 6.45) is 10.8. The van der Waals surface area contributed by atoms with E-state index in [0.717, 1.165) is 12.8 Å². The van der Waals surface area contributed by atoms with Gasteiger partial charge in [0.1, 0.15) is 28.8 Å². The molecule has 6 atom stereocenters. The lowest BCUT2D eigenvalue weighted by Gasteiger charge is -2.30. The van der Waals surface area contributed by atoms with Crippen molar-refractivity contribution in [1.29, 1.82) is 0 Å². The summed E-state index contributed by atoms with van der Waals surface area (Å²) in [7, 11) is 0. The zero-order valence-electron chi connectivity index (χ0n) is 31.0. The third-order valence-electron chi connectivity index (χ3n) is 10.1. The minimum absolute atomic E-state index is 0.0369. The van der Waals surface area contributed by atoms with Gasteiger partial charge in [-0.25, -0.2) is 4.98 Å². The Hall–Kier alpha value is -5.25. The van der Waals surface area contributed by atoms with Crippen molar-refractivity contribution in [3.8, 4) is 17.2 Å². The van der Waals surface area contributed by atoms with Crippen LogP contribution >= 0.6 is 0 Å². The number of esters is 1. The normalized spacial score (nSPS) is 26.0. The molecule has 2 aromatic rings. The first-order valence-electron chi connectivity index (χ1n) is 17.9. The Morgan fingerprint density at radius 3 is 2.54 bits per heavy atom. The lowest BCUT2D eigenvalue weighted by molar-refractivity contribution is -0.152. The first-order chi connectivity index (χ1) is 24.7. The van der Waals surface area contributed by atoms with Gasteiger partial charge in [0.25, 0.3) is 11.7 Å². The molecule has 2 aromatic carbocycles. The van der Waals surface area contributed by atoms with Crippen LogP contribution in [0, 0.1) is 30.6 Å². The summed E-state index contributed by atoms with van der Waals surface area (Å²) in [5, 5.41) is 3.25. The van der Waals surface area contributed by atoms with E-state index in [0.29, 0.717) is 34.6 Å². The molecule has 1 N–H and O–H groups in total. The van der Waals surface area contributed by atoms with Crippen LogP contribution in [0.2, 0.25) is 0 Å². The quantitative estimate of drug-likeness (QED) is 0.117. The van der Waals surface area contributed by atoms with Crippen molar-refractivity contribution in [2.75, 3.05) is 5.32 Å². The summed E-state index contributed by atoms with van der Waals surface area (Å²) < 4.78 is 24.4. The number of ketones is 1. The Bertz CT molecular complexity index is 2200. The minimum atomic E-state index is -1.74. The highest BCUT2D eigenvalue weighted by Crippen LogP contribution is 2.47. The Morgan fingerprint density at radius 1 is 1.04 bits per heavy atom. The van der Waals surface area contributed by atoms with Gasteiger partial charge in [-0.15, -0.1) is 0 Å². The number of aromatic nitrogens is 1. The SMILES string of the molecule is CC(=O)OC1C(C)CC=COC2(C)Oc3c(C)cc4c(=O)c(c5oc6ccccc6nc-5c4c3C2=O)NC(=O)C(C)=CC=CC(C)CC(C)CC1C. The molecule has 4 bridgehead atoms. The molecule has 3 aliphatic heterocycles. The average Bonchev–Trinajstić information content (AvgIpc) is 3.36. The minimum Gasteiger partial charge on any atom is -0.462 e. The number of Topliss-reactive ketones (excluding diaryl/α,β-unsaturated/α-hetero) is 1. The number of fused-ring (bicyclic) bond motifs is 2. The molecule has 0 fully saturated rings. The van der Waals surface area contributed by atoms with Crippen LogP contribution in [-0.4, -0.2) is 34.5 Å². The van der Waals surface area contributed by atoms with Crippen molar-refractivity contribution >= 4 is 45.2 Å². The number of aryl methyl sites for hydroxylation is 1. The number of allylic oxidation sites excluding steroid dienone is 4. The summed E-state index contributed by atoms with van der Waals surface area (Å²) in [5.74, 6) is -2.11. The van der Waals surface area contributed by atoms with E-state index in [1.807, 2.05) is 19.1 Å². The fourth-order valence-electron chi connectivity index (χ4n) is 7.60. The molecule has 0 saturated carbocycles. The molecule has 6 rings (SSSR count). The predicted molar refractivity (Wildman–Crippen MR) is 200 cm³/mol. The maximum absolute atomic E-state index is 14.3. The zero-order chi connectivity index (χ0) is 37.5. The molecular formula is C42H46N2O8. The van der Waals surface area contributed by atoms with Crippen LogP contribution in [0.4, 0.5) is 5.69 Å². The molecule has 272 valence electrons. The number of benzene rings is 3. The van der Waals surface area contributed by atoms with Gasteiger partial charge in [0.15, 0.2) is 11.3 Å². The third kappa shape index (κ3) is 6.98. The highest BCUT2D eigenvalue weighted by Gasteiger charge is 2.49. The Morgan fingerprint density at radius 2 is 1.79 bits per heavy atom. The number of rotatable bonds is 1. The highest BCUT2D eigenvalue weighted by molar-refractivity contribution is 6.21. The number of amides is 1.